The SMILES string of the molecule is Cc1cc(SCc2ccc3c(c2)OCO3)n2c(nc3ccccc32)c1C#N. The summed E-state index contributed by atoms with van der Waals surface area (Å²) in [7, 11) is 0. The van der Waals surface area contributed by atoms with Crippen LogP contribution in [0, 0.1) is 18.3 Å². The summed E-state index contributed by atoms with van der Waals surface area (Å²) in [5.41, 5.74) is 5.34. The molecule has 0 radical (unpaired) electrons. The van der Waals surface area contributed by atoms with E-state index in [1.54, 1.807) is 11.8 Å². The molecule has 0 unspecified atom stereocenters. The Balaban J connectivity index is 1.59. The van der Waals surface area contributed by atoms with Crippen molar-refractivity contribution >= 4 is 28.4 Å². The molecule has 1 aliphatic heterocycles. The van der Waals surface area contributed by atoms with E-state index in [4.69, 9.17) is 14.5 Å². The van der Waals surface area contributed by atoms with Gasteiger partial charge in [-0.15, -0.1) is 11.8 Å². The molecule has 1 aliphatic rings. The van der Waals surface area contributed by atoms with Crippen LogP contribution in [0.5, 0.6) is 11.5 Å². The molecule has 2 aromatic carbocycles. The molecule has 0 aliphatic carbocycles. The summed E-state index contributed by atoms with van der Waals surface area (Å²) < 4.78 is 12.9. The van der Waals surface area contributed by atoms with Gasteiger partial charge in [-0.05, 0) is 48.4 Å². The zero-order valence-electron chi connectivity index (χ0n) is 14.6. The van der Waals surface area contributed by atoms with E-state index in [0.717, 1.165) is 44.4 Å². The second kappa shape index (κ2) is 6.22. The highest BCUT2D eigenvalue weighted by molar-refractivity contribution is 7.98. The number of nitrogens with zero attached hydrogens (tertiary/aromatic N) is 3. The quantitative estimate of drug-likeness (QED) is 0.488. The molecular formula is C21H15N3O2S. The number of nitriles is 1. The van der Waals surface area contributed by atoms with Gasteiger partial charge in [-0.3, -0.25) is 4.40 Å². The van der Waals surface area contributed by atoms with Gasteiger partial charge in [-0.25, -0.2) is 4.98 Å². The number of hydrogen-bond acceptors (Lipinski definition) is 5. The largest absolute Gasteiger partial charge is 0.454 e. The first-order valence-electron chi connectivity index (χ1n) is 8.57. The molecule has 6 heteroatoms. The normalized spacial score (nSPS) is 12.6. The summed E-state index contributed by atoms with van der Waals surface area (Å²) in [6.07, 6.45) is 0. The minimum Gasteiger partial charge on any atom is -0.454 e. The van der Waals surface area contributed by atoms with E-state index >= 15 is 0 Å². The summed E-state index contributed by atoms with van der Waals surface area (Å²) in [6.45, 7) is 2.24. The van der Waals surface area contributed by atoms with Gasteiger partial charge in [0.1, 0.15) is 6.07 Å². The third-order valence-corrected chi connectivity index (χ3v) is 5.75. The molecule has 0 fully saturated rings. The predicted octanol–water partition coefficient (Wildman–Crippen LogP) is 4.69. The van der Waals surface area contributed by atoms with E-state index in [1.165, 1.54) is 0 Å². The molecule has 132 valence electrons. The van der Waals surface area contributed by atoms with Crippen molar-refractivity contribution in [3.8, 4) is 17.6 Å². The standard InChI is InChI=1S/C21H15N3O2S/c1-13-8-20(27-11-14-6-7-18-19(9-14)26-12-25-18)24-17-5-3-2-4-16(17)23-21(24)15(13)10-22/h2-9H,11-12H2,1H3. The highest BCUT2D eigenvalue weighted by atomic mass is 32.2. The third-order valence-electron chi connectivity index (χ3n) is 4.67. The molecule has 5 rings (SSSR count). The Bertz CT molecular complexity index is 1240. The average Bonchev–Trinajstić information content (AvgIpc) is 3.30. The maximum atomic E-state index is 9.59. The third kappa shape index (κ3) is 2.59. The van der Waals surface area contributed by atoms with Crippen LogP contribution in [0.3, 0.4) is 0 Å². The van der Waals surface area contributed by atoms with Crippen LogP contribution in [0.15, 0.2) is 53.6 Å². The molecule has 0 atom stereocenters. The van der Waals surface area contributed by atoms with Crippen LogP contribution in [0.4, 0.5) is 0 Å². The number of para-hydroxylation sites is 2. The first-order valence-corrected chi connectivity index (χ1v) is 9.55. The number of hydrogen-bond donors (Lipinski definition) is 0. The summed E-state index contributed by atoms with van der Waals surface area (Å²) in [5, 5.41) is 10.7. The van der Waals surface area contributed by atoms with E-state index in [0.29, 0.717) is 11.2 Å². The van der Waals surface area contributed by atoms with Gasteiger partial charge in [-0.1, -0.05) is 18.2 Å². The lowest BCUT2D eigenvalue weighted by Gasteiger charge is -2.10. The van der Waals surface area contributed by atoms with E-state index < -0.39 is 0 Å². The van der Waals surface area contributed by atoms with Gasteiger partial charge in [0.25, 0.3) is 0 Å². The number of aryl methyl sites for hydroxylation is 1. The van der Waals surface area contributed by atoms with Crippen LogP contribution in [0.25, 0.3) is 16.7 Å². The monoisotopic (exact) mass is 373 g/mol. The smallest absolute Gasteiger partial charge is 0.231 e. The number of fused-ring (bicyclic) bond motifs is 4. The summed E-state index contributed by atoms with van der Waals surface area (Å²) in [6, 6.07) is 18.4. The lowest BCUT2D eigenvalue weighted by Crippen LogP contribution is -1.97. The molecule has 3 heterocycles. The zero-order valence-corrected chi connectivity index (χ0v) is 15.4. The van der Waals surface area contributed by atoms with Crippen molar-refractivity contribution in [3.63, 3.8) is 0 Å². The Morgan fingerprint density at radius 1 is 1.15 bits per heavy atom. The first kappa shape index (κ1) is 16.0. The molecule has 27 heavy (non-hydrogen) atoms. The molecule has 5 nitrogen and oxygen atoms in total. The average molecular weight is 373 g/mol. The van der Waals surface area contributed by atoms with Gasteiger partial charge in [0.15, 0.2) is 17.1 Å². The molecule has 2 aromatic heterocycles. The summed E-state index contributed by atoms with van der Waals surface area (Å²) in [5.74, 6) is 2.37. The van der Waals surface area contributed by atoms with E-state index in [9.17, 15) is 5.26 Å². The van der Waals surface area contributed by atoms with Crippen molar-refractivity contribution in [3.05, 3.63) is 65.2 Å². The van der Waals surface area contributed by atoms with E-state index in [2.05, 4.69) is 22.6 Å². The lowest BCUT2D eigenvalue weighted by atomic mass is 10.2. The number of imidazole rings is 1. The van der Waals surface area contributed by atoms with Crippen molar-refractivity contribution in [1.82, 2.24) is 9.38 Å². The lowest BCUT2D eigenvalue weighted by molar-refractivity contribution is 0.174. The zero-order chi connectivity index (χ0) is 18.4. The van der Waals surface area contributed by atoms with Crippen LogP contribution in [-0.2, 0) is 5.75 Å². The minimum absolute atomic E-state index is 0.280. The van der Waals surface area contributed by atoms with Crippen LogP contribution in [0.1, 0.15) is 16.7 Å². The Morgan fingerprint density at radius 3 is 2.89 bits per heavy atom. The van der Waals surface area contributed by atoms with Crippen LogP contribution >= 0.6 is 11.8 Å². The number of benzene rings is 2. The molecule has 0 spiro atoms. The van der Waals surface area contributed by atoms with Gasteiger partial charge >= 0.3 is 0 Å². The van der Waals surface area contributed by atoms with Gasteiger partial charge in [-0.2, -0.15) is 5.26 Å². The predicted molar refractivity (Wildman–Crippen MR) is 104 cm³/mol. The molecule has 0 saturated carbocycles. The Hall–Kier alpha value is -3.17. The number of rotatable bonds is 3. The highest BCUT2D eigenvalue weighted by Crippen LogP contribution is 2.35. The van der Waals surface area contributed by atoms with Crippen molar-refractivity contribution in [2.45, 2.75) is 17.7 Å². The van der Waals surface area contributed by atoms with Crippen LogP contribution in [0.2, 0.25) is 0 Å². The van der Waals surface area contributed by atoms with Crippen molar-refractivity contribution < 1.29 is 9.47 Å². The van der Waals surface area contributed by atoms with Gasteiger partial charge < -0.3 is 9.47 Å². The summed E-state index contributed by atoms with van der Waals surface area (Å²) in [4.78, 5) is 4.70. The van der Waals surface area contributed by atoms with Crippen LogP contribution in [-0.4, -0.2) is 16.2 Å². The number of aromatic nitrogens is 2. The molecule has 0 bridgehead atoms. The summed E-state index contributed by atoms with van der Waals surface area (Å²) >= 11 is 1.72. The van der Waals surface area contributed by atoms with E-state index in [-0.39, 0.29) is 6.79 Å². The molecule has 4 aromatic rings. The van der Waals surface area contributed by atoms with Gasteiger partial charge in [0, 0.05) is 5.75 Å². The number of ether oxygens (including phenoxy) is 2. The topological polar surface area (TPSA) is 59.6 Å². The fraction of sp³-hybridized carbons (Fsp3) is 0.143. The molecule has 0 amide bonds. The fourth-order valence-electron chi connectivity index (χ4n) is 3.35. The first-order chi connectivity index (χ1) is 13.2. The Morgan fingerprint density at radius 2 is 2.00 bits per heavy atom. The van der Waals surface area contributed by atoms with Crippen molar-refractivity contribution in [2.75, 3.05) is 6.79 Å². The molecule has 0 saturated heterocycles. The minimum atomic E-state index is 0.280. The second-order valence-corrected chi connectivity index (χ2v) is 7.38. The maximum absolute atomic E-state index is 9.59. The van der Waals surface area contributed by atoms with Crippen LogP contribution < -0.4 is 9.47 Å². The maximum Gasteiger partial charge on any atom is 0.231 e. The van der Waals surface area contributed by atoms with Gasteiger partial charge in [0.2, 0.25) is 6.79 Å². The number of thioether (sulfide) groups is 1. The highest BCUT2D eigenvalue weighted by Gasteiger charge is 2.16. The van der Waals surface area contributed by atoms with Crippen molar-refractivity contribution in [2.24, 2.45) is 0 Å². The fourth-order valence-corrected chi connectivity index (χ4v) is 4.42. The van der Waals surface area contributed by atoms with Gasteiger partial charge in [0.05, 0.1) is 21.6 Å². The number of pyridine rings is 1. The molecular weight excluding hydrogens is 358 g/mol. The molecule has 0 N–H and O–H groups in total. The Kier molecular flexibility index (Phi) is 3.69. The van der Waals surface area contributed by atoms with Crippen molar-refractivity contribution in [1.29, 1.82) is 5.26 Å². The second-order valence-electron chi connectivity index (χ2n) is 6.39. The Labute approximate surface area is 160 Å². The van der Waals surface area contributed by atoms with E-state index in [1.807, 2.05) is 43.3 Å².